The normalized spacial score (nSPS) is 11.6. The third-order valence-electron chi connectivity index (χ3n) is 3.05. The van der Waals surface area contributed by atoms with Crippen molar-refractivity contribution in [2.24, 2.45) is 0 Å². The second-order valence-corrected chi connectivity index (χ2v) is 5.81. The molecule has 0 aliphatic rings. The van der Waals surface area contributed by atoms with Gasteiger partial charge >= 0.3 is 0 Å². The Morgan fingerprint density at radius 2 is 2.09 bits per heavy atom. The van der Waals surface area contributed by atoms with Crippen molar-refractivity contribution < 1.29 is 14.3 Å². The number of aryl methyl sites for hydroxylation is 1. The summed E-state index contributed by atoms with van der Waals surface area (Å²) in [6, 6.07) is 9.53. The van der Waals surface area contributed by atoms with E-state index in [4.69, 9.17) is 4.42 Å². The molecule has 2 N–H and O–H groups in total. The fourth-order valence-electron chi connectivity index (χ4n) is 1.87. The number of aromatic nitrogens is 3. The fraction of sp³-hybridized carbons (Fsp3) is 0.0625. The number of aromatic amines is 1. The van der Waals surface area contributed by atoms with Crippen LogP contribution >= 0.6 is 11.8 Å². The average Bonchev–Trinajstić information content (AvgIpc) is 3.20. The number of allylic oxidation sites excluding steroid dienone is 1. The Hall–Kier alpha value is -2.80. The van der Waals surface area contributed by atoms with E-state index in [1.54, 1.807) is 6.07 Å². The smallest absolute Gasteiger partial charge is 0.226 e. The van der Waals surface area contributed by atoms with Gasteiger partial charge in [-0.3, -0.25) is 9.89 Å². The number of benzene rings is 1. The van der Waals surface area contributed by atoms with E-state index >= 15 is 0 Å². The highest BCUT2D eigenvalue weighted by molar-refractivity contribution is 7.99. The van der Waals surface area contributed by atoms with Gasteiger partial charge in [0.2, 0.25) is 5.78 Å². The number of ketones is 1. The monoisotopic (exact) mass is 327 g/mol. The van der Waals surface area contributed by atoms with Crippen molar-refractivity contribution in [1.82, 2.24) is 15.2 Å². The lowest BCUT2D eigenvalue weighted by molar-refractivity contribution is 0.103. The van der Waals surface area contributed by atoms with Gasteiger partial charge in [0.15, 0.2) is 10.9 Å². The lowest BCUT2D eigenvalue weighted by atomic mass is 10.2. The predicted molar refractivity (Wildman–Crippen MR) is 85.3 cm³/mol. The lowest BCUT2D eigenvalue weighted by Crippen LogP contribution is -1.99. The van der Waals surface area contributed by atoms with Crippen LogP contribution in [0.15, 0.2) is 63.4 Å². The first kappa shape index (κ1) is 15.1. The van der Waals surface area contributed by atoms with E-state index in [0.29, 0.717) is 10.7 Å². The Labute approximate surface area is 136 Å². The first-order valence-corrected chi connectivity index (χ1v) is 7.58. The van der Waals surface area contributed by atoms with E-state index in [-0.39, 0.29) is 11.6 Å². The second kappa shape index (κ2) is 6.53. The van der Waals surface area contributed by atoms with Crippen molar-refractivity contribution in [3.05, 3.63) is 65.9 Å². The van der Waals surface area contributed by atoms with E-state index in [2.05, 4.69) is 15.2 Å². The molecule has 0 aliphatic carbocycles. The zero-order valence-corrected chi connectivity index (χ0v) is 13.0. The summed E-state index contributed by atoms with van der Waals surface area (Å²) in [6.45, 7) is 2.01. The lowest BCUT2D eigenvalue weighted by Gasteiger charge is -2.02. The molecule has 3 rings (SSSR count). The number of carbonyl (C=O) groups excluding carboxylic acids is 1. The van der Waals surface area contributed by atoms with Gasteiger partial charge in [-0.2, -0.15) is 5.10 Å². The van der Waals surface area contributed by atoms with Crippen LogP contribution in [0.4, 0.5) is 0 Å². The van der Waals surface area contributed by atoms with Crippen LogP contribution in [0.25, 0.3) is 5.76 Å². The van der Waals surface area contributed by atoms with Gasteiger partial charge in [-0.25, -0.2) is 4.98 Å². The van der Waals surface area contributed by atoms with Crippen molar-refractivity contribution in [3.8, 4) is 0 Å². The molecule has 0 saturated heterocycles. The molecule has 0 atom stereocenters. The summed E-state index contributed by atoms with van der Waals surface area (Å²) in [6.07, 6.45) is 3.79. The van der Waals surface area contributed by atoms with Gasteiger partial charge in [-0.15, -0.1) is 0 Å². The first-order valence-electron chi connectivity index (χ1n) is 6.76. The molecule has 0 unspecified atom stereocenters. The molecule has 116 valence electrons. The van der Waals surface area contributed by atoms with Gasteiger partial charge in [-0.05, 0) is 25.1 Å². The minimum atomic E-state index is -0.465. The van der Waals surface area contributed by atoms with Gasteiger partial charge in [0, 0.05) is 11.0 Å². The maximum absolute atomic E-state index is 11.9. The van der Waals surface area contributed by atoms with E-state index < -0.39 is 5.78 Å². The number of hydrogen-bond donors (Lipinski definition) is 2. The van der Waals surface area contributed by atoms with Crippen LogP contribution in [0.5, 0.6) is 0 Å². The minimum Gasteiger partial charge on any atom is -0.507 e. The number of rotatable bonds is 5. The van der Waals surface area contributed by atoms with Crippen LogP contribution in [-0.2, 0) is 0 Å². The van der Waals surface area contributed by atoms with Crippen LogP contribution < -0.4 is 0 Å². The van der Waals surface area contributed by atoms with Gasteiger partial charge in [0.1, 0.15) is 12.1 Å². The number of hydrogen-bond acceptors (Lipinski definition) is 6. The molecule has 0 aliphatic heterocycles. The largest absolute Gasteiger partial charge is 0.507 e. The summed E-state index contributed by atoms with van der Waals surface area (Å²) in [7, 11) is 0. The van der Waals surface area contributed by atoms with E-state index in [9.17, 15) is 9.90 Å². The zero-order valence-electron chi connectivity index (χ0n) is 12.2. The molecular weight excluding hydrogens is 314 g/mol. The Morgan fingerprint density at radius 3 is 2.78 bits per heavy atom. The van der Waals surface area contributed by atoms with Crippen molar-refractivity contribution in [2.45, 2.75) is 16.9 Å². The molecule has 0 radical (unpaired) electrons. The first-order chi connectivity index (χ1) is 11.1. The number of H-pyrrole nitrogens is 1. The fourth-order valence-corrected chi connectivity index (χ4v) is 2.74. The molecule has 2 aromatic heterocycles. The molecule has 3 aromatic rings. The van der Waals surface area contributed by atoms with Gasteiger partial charge in [0.05, 0.1) is 11.8 Å². The topological polar surface area (TPSA) is 92.0 Å². The summed E-state index contributed by atoms with van der Waals surface area (Å²) < 4.78 is 5.41. The SMILES string of the molecule is Cc1ccc(Sc2occc2C(O)=CC(=O)c2ncn[nH]2)cc1. The van der Waals surface area contributed by atoms with Crippen LogP contribution in [0.1, 0.15) is 21.7 Å². The molecule has 23 heavy (non-hydrogen) atoms. The Balaban J connectivity index is 1.82. The number of aliphatic hydroxyl groups is 1. The maximum atomic E-state index is 11.9. The molecule has 0 saturated carbocycles. The quantitative estimate of drug-likeness (QED) is 0.422. The molecule has 6 nitrogen and oxygen atoms in total. The summed E-state index contributed by atoms with van der Waals surface area (Å²) in [4.78, 5) is 16.6. The zero-order chi connectivity index (χ0) is 16.2. The maximum Gasteiger partial charge on any atom is 0.226 e. The highest BCUT2D eigenvalue weighted by Crippen LogP contribution is 2.34. The number of carbonyl (C=O) groups is 1. The predicted octanol–water partition coefficient (Wildman–Crippen LogP) is 3.64. The molecule has 0 bridgehead atoms. The van der Waals surface area contributed by atoms with E-state index in [1.165, 1.54) is 24.4 Å². The van der Waals surface area contributed by atoms with Gasteiger partial charge in [-0.1, -0.05) is 29.5 Å². The third kappa shape index (κ3) is 3.51. The average molecular weight is 327 g/mol. The summed E-state index contributed by atoms with van der Waals surface area (Å²) in [5, 5.41) is 16.7. The summed E-state index contributed by atoms with van der Waals surface area (Å²) >= 11 is 1.37. The van der Waals surface area contributed by atoms with Crippen molar-refractivity contribution in [2.75, 3.05) is 0 Å². The Bertz CT molecular complexity index is 836. The summed E-state index contributed by atoms with van der Waals surface area (Å²) in [5.74, 6) is -0.588. The van der Waals surface area contributed by atoms with E-state index in [1.807, 2.05) is 31.2 Å². The van der Waals surface area contributed by atoms with Crippen molar-refractivity contribution in [1.29, 1.82) is 0 Å². The highest BCUT2D eigenvalue weighted by Gasteiger charge is 2.15. The van der Waals surface area contributed by atoms with Crippen LogP contribution in [-0.4, -0.2) is 26.1 Å². The number of nitrogens with zero attached hydrogens (tertiary/aromatic N) is 2. The molecule has 1 aromatic carbocycles. The van der Waals surface area contributed by atoms with Crippen molar-refractivity contribution in [3.63, 3.8) is 0 Å². The molecule has 2 heterocycles. The number of nitrogens with one attached hydrogen (secondary N) is 1. The van der Waals surface area contributed by atoms with E-state index in [0.717, 1.165) is 16.5 Å². The summed E-state index contributed by atoms with van der Waals surface area (Å²) in [5.41, 5.74) is 1.61. The molecule has 0 spiro atoms. The Morgan fingerprint density at radius 1 is 1.30 bits per heavy atom. The number of aliphatic hydroxyl groups excluding tert-OH is 1. The Kier molecular flexibility index (Phi) is 4.29. The minimum absolute atomic E-state index is 0.0628. The molecule has 0 fully saturated rings. The van der Waals surface area contributed by atoms with Gasteiger partial charge < -0.3 is 9.52 Å². The van der Waals surface area contributed by atoms with Crippen molar-refractivity contribution >= 4 is 23.3 Å². The molecule has 7 heteroatoms. The molecule has 0 amide bonds. The highest BCUT2D eigenvalue weighted by atomic mass is 32.2. The third-order valence-corrected chi connectivity index (χ3v) is 4.06. The number of furan rings is 1. The van der Waals surface area contributed by atoms with Crippen LogP contribution in [0.2, 0.25) is 0 Å². The van der Waals surface area contributed by atoms with Crippen LogP contribution in [0, 0.1) is 6.92 Å². The second-order valence-electron chi connectivity index (χ2n) is 4.76. The standard InChI is InChI=1S/C16H13N3O3S/c1-10-2-4-11(5-3-10)23-16-12(6-7-22-16)13(20)8-14(21)15-17-9-18-19-15/h2-9,20H,1H3,(H,17,18,19). The van der Waals surface area contributed by atoms with Gasteiger partial charge in [0.25, 0.3) is 0 Å². The molecular formula is C16H13N3O3S. The van der Waals surface area contributed by atoms with Crippen LogP contribution in [0.3, 0.4) is 0 Å².